The SMILES string of the molecule is CCCC(CC(=O)O)NC(=O)[C@H](C)NC(=O)OCC1c2ccccc2-c2ccccc21. The molecule has 1 aliphatic carbocycles. The summed E-state index contributed by atoms with van der Waals surface area (Å²) in [6.45, 7) is 3.62. The highest BCUT2D eigenvalue weighted by atomic mass is 16.5. The third kappa shape index (κ3) is 5.42. The Morgan fingerprint density at radius 1 is 1.00 bits per heavy atom. The number of carboxylic acid groups (broad SMARTS) is 1. The van der Waals surface area contributed by atoms with E-state index in [4.69, 9.17) is 9.84 Å². The van der Waals surface area contributed by atoms with Crippen molar-refractivity contribution in [3.8, 4) is 11.1 Å². The molecule has 7 heteroatoms. The molecule has 0 saturated carbocycles. The Labute approximate surface area is 181 Å². The van der Waals surface area contributed by atoms with Crippen LogP contribution in [0.25, 0.3) is 11.1 Å². The van der Waals surface area contributed by atoms with Crippen molar-refractivity contribution in [2.75, 3.05) is 6.61 Å². The molecular weight excluding hydrogens is 396 g/mol. The quantitative estimate of drug-likeness (QED) is 0.570. The van der Waals surface area contributed by atoms with Crippen LogP contribution in [0.4, 0.5) is 4.79 Å². The highest BCUT2D eigenvalue weighted by Crippen LogP contribution is 2.44. The fourth-order valence-corrected chi connectivity index (χ4v) is 3.99. The molecule has 3 rings (SSSR count). The van der Waals surface area contributed by atoms with Crippen molar-refractivity contribution in [1.82, 2.24) is 10.6 Å². The maximum absolute atomic E-state index is 12.4. The monoisotopic (exact) mass is 424 g/mol. The molecule has 3 N–H and O–H groups in total. The number of alkyl carbamates (subject to hydrolysis) is 1. The number of aliphatic carboxylic acids is 1. The molecule has 2 aromatic carbocycles. The first kappa shape index (κ1) is 22.3. The standard InChI is InChI=1S/C24H28N2O5/c1-3-8-16(13-22(27)28)26-23(29)15(2)25-24(30)31-14-21-19-11-6-4-9-17(19)18-10-5-7-12-20(18)21/h4-7,9-12,15-16,21H,3,8,13-14H2,1-2H3,(H,25,30)(H,26,29)(H,27,28)/t15-,16?/m0/s1. The molecule has 164 valence electrons. The van der Waals surface area contributed by atoms with E-state index in [0.717, 1.165) is 28.7 Å². The van der Waals surface area contributed by atoms with Crippen molar-refractivity contribution in [2.24, 2.45) is 0 Å². The molecule has 0 aliphatic heterocycles. The Balaban J connectivity index is 1.56. The molecule has 2 atom stereocenters. The van der Waals surface area contributed by atoms with Gasteiger partial charge in [-0.3, -0.25) is 9.59 Å². The second-order valence-corrected chi connectivity index (χ2v) is 7.78. The van der Waals surface area contributed by atoms with E-state index < -0.39 is 30.1 Å². The summed E-state index contributed by atoms with van der Waals surface area (Å²) in [4.78, 5) is 35.6. The summed E-state index contributed by atoms with van der Waals surface area (Å²) in [6.07, 6.45) is 0.453. The number of hydrogen-bond donors (Lipinski definition) is 3. The Kier molecular flexibility index (Phi) is 7.28. The number of fused-ring (bicyclic) bond motifs is 3. The molecule has 0 aromatic heterocycles. The van der Waals surface area contributed by atoms with Crippen molar-refractivity contribution >= 4 is 18.0 Å². The van der Waals surface area contributed by atoms with Gasteiger partial charge in [-0.05, 0) is 35.6 Å². The first-order chi connectivity index (χ1) is 14.9. The van der Waals surface area contributed by atoms with Crippen LogP contribution in [-0.2, 0) is 14.3 Å². The van der Waals surface area contributed by atoms with Gasteiger partial charge < -0.3 is 20.5 Å². The number of hydrogen-bond acceptors (Lipinski definition) is 4. The van der Waals surface area contributed by atoms with Crippen molar-refractivity contribution in [1.29, 1.82) is 0 Å². The molecule has 7 nitrogen and oxygen atoms in total. The number of ether oxygens (including phenoxy) is 1. The van der Waals surface area contributed by atoms with E-state index in [1.807, 2.05) is 43.3 Å². The first-order valence-corrected chi connectivity index (χ1v) is 10.5. The summed E-state index contributed by atoms with van der Waals surface area (Å²) < 4.78 is 5.45. The van der Waals surface area contributed by atoms with E-state index in [1.54, 1.807) is 6.92 Å². The Bertz CT molecular complexity index is 913. The molecular formula is C24H28N2O5. The summed E-state index contributed by atoms with van der Waals surface area (Å²) in [6, 6.07) is 14.8. The molecule has 31 heavy (non-hydrogen) atoms. The van der Waals surface area contributed by atoms with Gasteiger partial charge in [0.15, 0.2) is 0 Å². The van der Waals surface area contributed by atoms with E-state index in [1.165, 1.54) is 0 Å². The van der Waals surface area contributed by atoms with E-state index in [-0.39, 0.29) is 18.9 Å². The molecule has 1 aliphatic rings. The van der Waals surface area contributed by atoms with Gasteiger partial charge in [-0.2, -0.15) is 0 Å². The molecule has 0 fully saturated rings. The van der Waals surface area contributed by atoms with E-state index in [0.29, 0.717) is 6.42 Å². The van der Waals surface area contributed by atoms with Crippen LogP contribution in [0.1, 0.15) is 50.2 Å². The number of rotatable bonds is 9. The van der Waals surface area contributed by atoms with Crippen LogP contribution in [0, 0.1) is 0 Å². The summed E-state index contributed by atoms with van der Waals surface area (Å²) >= 11 is 0. The minimum absolute atomic E-state index is 0.0632. The third-order valence-electron chi connectivity index (χ3n) is 5.48. The number of carbonyl (C=O) groups is 3. The second kappa shape index (κ2) is 10.1. The van der Waals surface area contributed by atoms with Crippen LogP contribution in [-0.4, -0.2) is 41.8 Å². The van der Waals surface area contributed by atoms with Gasteiger partial charge in [0.2, 0.25) is 5.91 Å². The van der Waals surface area contributed by atoms with Crippen LogP contribution in [0.3, 0.4) is 0 Å². The van der Waals surface area contributed by atoms with Gasteiger partial charge in [-0.15, -0.1) is 0 Å². The average molecular weight is 424 g/mol. The highest BCUT2D eigenvalue weighted by molar-refractivity contribution is 5.86. The zero-order valence-electron chi connectivity index (χ0n) is 17.8. The highest BCUT2D eigenvalue weighted by Gasteiger charge is 2.29. The topological polar surface area (TPSA) is 105 Å². The molecule has 0 spiro atoms. The van der Waals surface area contributed by atoms with Gasteiger partial charge in [-0.25, -0.2) is 4.79 Å². The summed E-state index contributed by atoms with van der Waals surface area (Å²) in [5.74, 6) is -1.48. The maximum Gasteiger partial charge on any atom is 0.407 e. The molecule has 0 radical (unpaired) electrons. The lowest BCUT2D eigenvalue weighted by atomic mass is 9.98. The fraction of sp³-hybridized carbons (Fsp3) is 0.375. The number of carboxylic acids is 1. The van der Waals surface area contributed by atoms with E-state index in [2.05, 4.69) is 22.8 Å². The Hall–Kier alpha value is -3.35. The zero-order chi connectivity index (χ0) is 22.4. The largest absolute Gasteiger partial charge is 0.481 e. The van der Waals surface area contributed by atoms with Crippen molar-refractivity contribution in [2.45, 2.75) is 51.1 Å². The van der Waals surface area contributed by atoms with Gasteiger partial charge in [-0.1, -0.05) is 61.9 Å². The third-order valence-corrected chi connectivity index (χ3v) is 5.48. The van der Waals surface area contributed by atoms with Crippen LogP contribution < -0.4 is 10.6 Å². The smallest absolute Gasteiger partial charge is 0.407 e. The summed E-state index contributed by atoms with van der Waals surface area (Å²) in [7, 11) is 0. The number of benzene rings is 2. The van der Waals surface area contributed by atoms with Gasteiger partial charge in [0.05, 0.1) is 6.42 Å². The molecule has 0 heterocycles. The maximum atomic E-state index is 12.4. The predicted molar refractivity (Wildman–Crippen MR) is 117 cm³/mol. The second-order valence-electron chi connectivity index (χ2n) is 7.78. The van der Waals surface area contributed by atoms with Gasteiger partial charge in [0.1, 0.15) is 12.6 Å². The predicted octanol–water partition coefficient (Wildman–Crippen LogP) is 3.67. The van der Waals surface area contributed by atoms with Crippen molar-refractivity contribution in [3.05, 3.63) is 59.7 Å². The molecule has 2 aromatic rings. The Morgan fingerprint density at radius 3 is 2.13 bits per heavy atom. The number of amides is 2. The van der Waals surface area contributed by atoms with E-state index in [9.17, 15) is 14.4 Å². The lowest BCUT2D eigenvalue weighted by molar-refractivity contribution is -0.137. The summed E-state index contributed by atoms with van der Waals surface area (Å²) in [5, 5.41) is 14.2. The fourth-order valence-electron chi connectivity index (χ4n) is 3.99. The lowest BCUT2D eigenvalue weighted by Crippen LogP contribution is -2.48. The zero-order valence-corrected chi connectivity index (χ0v) is 17.8. The number of nitrogens with one attached hydrogen (secondary N) is 2. The van der Waals surface area contributed by atoms with Crippen LogP contribution in [0.5, 0.6) is 0 Å². The summed E-state index contributed by atoms with van der Waals surface area (Å²) in [5.41, 5.74) is 4.50. The van der Waals surface area contributed by atoms with Crippen LogP contribution in [0.15, 0.2) is 48.5 Å². The average Bonchev–Trinajstić information content (AvgIpc) is 3.06. The minimum Gasteiger partial charge on any atom is -0.481 e. The van der Waals surface area contributed by atoms with Gasteiger partial charge in [0.25, 0.3) is 0 Å². The normalized spacial score (nSPS) is 14.1. The molecule has 0 bridgehead atoms. The van der Waals surface area contributed by atoms with Crippen molar-refractivity contribution in [3.63, 3.8) is 0 Å². The van der Waals surface area contributed by atoms with Crippen LogP contribution >= 0.6 is 0 Å². The molecule has 2 amide bonds. The van der Waals surface area contributed by atoms with Gasteiger partial charge in [0, 0.05) is 12.0 Å². The van der Waals surface area contributed by atoms with Crippen molar-refractivity contribution < 1.29 is 24.2 Å². The van der Waals surface area contributed by atoms with E-state index >= 15 is 0 Å². The first-order valence-electron chi connectivity index (χ1n) is 10.5. The van der Waals surface area contributed by atoms with Gasteiger partial charge >= 0.3 is 12.1 Å². The number of carbonyl (C=O) groups excluding carboxylic acids is 2. The van der Waals surface area contributed by atoms with Crippen LogP contribution in [0.2, 0.25) is 0 Å². The molecule has 1 unspecified atom stereocenters. The lowest BCUT2D eigenvalue weighted by Gasteiger charge is -2.20. The minimum atomic E-state index is -0.976. The molecule has 0 saturated heterocycles. The Morgan fingerprint density at radius 2 is 1.58 bits per heavy atom.